The van der Waals surface area contributed by atoms with Gasteiger partial charge in [0.25, 0.3) is 0 Å². The van der Waals surface area contributed by atoms with E-state index in [2.05, 4.69) is 4.74 Å². The van der Waals surface area contributed by atoms with Gasteiger partial charge >= 0.3 is 29.8 Å². The van der Waals surface area contributed by atoms with Crippen LogP contribution in [0.3, 0.4) is 0 Å². The first-order valence-electron chi connectivity index (χ1n) is 24.5. The van der Waals surface area contributed by atoms with Crippen LogP contribution in [-0.4, -0.2) is 94.0 Å². The monoisotopic (exact) mass is 1060 g/mol. The molecule has 0 heterocycles. The lowest BCUT2D eigenvalue weighted by atomic mass is 10.1. The molecule has 16 nitrogen and oxygen atoms in total. The summed E-state index contributed by atoms with van der Waals surface area (Å²) >= 11 is 0. The minimum atomic E-state index is -0.398. The summed E-state index contributed by atoms with van der Waals surface area (Å²) in [6, 6.07) is 47.0. The van der Waals surface area contributed by atoms with Crippen LogP contribution >= 0.6 is 0 Å². The maximum atomic E-state index is 11.4. The van der Waals surface area contributed by atoms with Gasteiger partial charge in [-0.1, -0.05) is 82.6 Å². The first kappa shape index (κ1) is 63.8. The number of para-hydroxylation sites is 1. The van der Waals surface area contributed by atoms with E-state index in [9.17, 15) is 29.1 Å². The summed E-state index contributed by atoms with van der Waals surface area (Å²) in [7, 11) is 1.31. The van der Waals surface area contributed by atoms with Gasteiger partial charge in [-0.05, 0) is 159 Å². The van der Waals surface area contributed by atoms with E-state index in [-0.39, 0.29) is 52.6 Å². The summed E-state index contributed by atoms with van der Waals surface area (Å²) in [5, 5.41) is 54.3. The van der Waals surface area contributed by atoms with Crippen molar-refractivity contribution in [2.45, 2.75) is 53.9 Å². The van der Waals surface area contributed by atoms with Crippen molar-refractivity contribution in [2.24, 2.45) is 5.92 Å². The van der Waals surface area contributed by atoms with Gasteiger partial charge in [0.15, 0.2) is 0 Å². The number of ether oxygens (including phenoxy) is 5. The number of methoxy groups -OCH3 is 1. The molecule has 0 fully saturated rings. The molecule has 0 spiro atoms. The molecule has 0 aliphatic carbocycles. The topological polar surface area (TPSA) is 253 Å². The first-order valence-corrected chi connectivity index (χ1v) is 24.5. The van der Waals surface area contributed by atoms with E-state index < -0.39 is 5.97 Å². The van der Waals surface area contributed by atoms with Crippen molar-refractivity contribution in [3.8, 4) is 45.6 Å². The Balaban J connectivity index is 0.000000317. The van der Waals surface area contributed by atoms with Crippen molar-refractivity contribution in [3.05, 3.63) is 204 Å². The highest BCUT2D eigenvalue weighted by atomic mass is 16.5. The standard InChI is InChI=1S/C12H10O.2C11H14O3.C10H12O3.C9H10O3.C8H8O3/c13-12-9-5-4-8-11(12)10-6-2-1-3-7-10;1-8(2)7-14-11(13)9-3-5-10(12)6-4-9;1-2-3-8-14-11(13)9-4-6-10(12)7-5-9;1-2-7-13-10(12)8-3-5-9(11)6-4-8;1-2-12-9(11)7-3-5-8(10)6-4-7;1-11-8(10)6-2-4-7(9)5-3-6/h1-9,13H;3-6,8,12H,7H2,1-2H3;4-7,12H,2-3,8H2,1H3;3-6,11H,2,7H2,1H3;3-6,10H,2H2,1H3;2-5,9H,1H3. The summed E-state index contributed by atoms with van der Waals surface area (Å²) in [5.74, 6) is -0.417. The molecule has 0 atom stereocenters. The third-order valence-corrected chi connectivity index (χ3v) is 9.68. The quantitative estimate of drug-likeness (QED) is 0.0336. The number of rotatable bonds is 14. The van der Waals surface area contributed by atoms with E-state index in [1.54, 1.807) is 25.1 Å². The molecule has 7 rings (SSSR count). The van der Waals surface area contributed by atoms with Crippen molar-refractivity contribution in [1.29, 1.82) is 0 Å². The Morgan fingerprint density at radius 2 is 0.727 bits per heavy atom. The summed E-state index contributed by atoms with van der Waals surface area (Å²) in [5.41, 5.74) is 4.21. The molecule has 0 radical (unpaired) electrons. The van der Waals surface area contributed by atoms with Gasteiger partial charge in [0.05, 0.1) is 61.4 Å². The molecule has 7 aromatic rings. The number of phenolic OH excluding ortho intramolecular Hbond substituents is 6. The molecule has 408 valence electrons. The highest BCUT2D eigenvalue weighted by Crippen LogP contribution is 2.28. The fraction of sp³-hybridized carbons (Fsp3) is 0.230. The molecule has 0 aliphatic heterocycles. The van der Waals surface area contributed by atoms with Crippen LogP contribution in [0.2, 0.25) is 0 Å². The number of carbonyl (C=O) groups excluding carboxylic acids is 5. The molecular formula is C61H68O16. The number of benzene rings is 7. The van der Waals surface area contributed by atoms with Crippen LogP contribution < -0.4 is 0 Å². The van der Waals surface area contributed by atoms with Gasteiger partial charge in [-0.3, -0.25) is 0 Å². The van der Waals surface area contributed by atoms with Crippen LogP contribution in [0.25, 0.3) is 11.1 Å². The maximum absolute atomic E-state index is 11.4. The molecule has 77 heavy (non-hydrogen) atoms. The maximum Gasteiger partial charge on any atom is 0.338 e. The van der Waals surface area contributed by atoms with Crippen molar-refractivity contribution < 1.29 is 78.3 Å². The average Bonchev–Trinajstić information content (AvgIpc) is 3.44. The number of unbranched alkanes of at least 4 members (excludes halogenated alkanes) is 1. The van der Waals surface area contributed by atoms with E-state index in [0.29, 0.717) is 65.9 Å². The molecule has 0 unspecified atom stereocenters. The summed E-state index contributed by atoms with van der Waals surface area (Å²) < 4.78 is 24.1. The average molecular weight is 1060 g/mol. The van der Waals surface area contributed by atoms with Gasteiger partial charge in [-0.25, -0.2) is 24.0 Å². The number of hydrogen-bond acceptors (Lipinski definition) is 16. The van der Waals surface area contributed by atoms with Crippen molar-refractivity contribution in [1.82, 2.24) is 0 Å². The number of carbonyl (C=O) groups is 5. The highest BCUT2D eigenvalue weighted by molar-refractivity contribution is 5.91. The Kier molecular flexibility index (Phi) is 30.3. The molecule has 16 heteroatoms. The normalized spacial score (nSPS) is 9.70. The lowest BCUT2D eigenvalue weighted by Crippen LogP contribution is -2.09. The molecule has 0 saturated heterocycles. The lowest BCUT2D eigenvalue weighted by Gasteiger charge is -2.06. The highest BCUT2D eigenvalue weighted by Gasteiger charge is 2.09. The molecule has 7 aromatic carbocycles. The van der Waals surface area contributed by atoms with Gasteiger partial charge in [0.2, 0.25) is 0 Å². The minimum absolute atomic E-state index is 0.137. The first-order chi connectivity index (χ1) is 36.9. The van der Waals surface area contributed by atoms with Gasteiger partial charge in [-0.2, -0.15) is 0 Å². The van der Waals surface area contributed by atoms with Gasteiger partial charge in [0.1, 0.15) is 34.5 Å². The summed E-state index contributed by atoms with van der Waals surface area (Å²) in [6.45, 7) is 11.3. The fourth-order valence-electron chi connectivity index (χ4n) is 5.65. The number of phenols is 6. The van der Waals surface area contributed by atoms with Crippen LogP contribution in [0.4, 0.5) is 0 Å². The van der Waals surface area contributed by atoms with Crippen molar-refractivity contribution in [3.63, 3.8) is 0 Å². The van der Waals surface area contributed by atoms with E-state index in [1.165, 1.54) is 116 Å². The second-order valence-corrected chi connectivity index (χ2v) is 16.4. The number of esters is 5. The predicted molar refractivity (Wildman–Crippen MR) is 292 cm³/mol. The van der Waals surface area contributed by atoms with E-state index in [0.717, 1.165) is 30.4 Å². The van der Waals surface area contributed by atoms with Crippen molar-refractivity contribution >= 4 is 29.8 Å². The molecule has 0 amide bonds. The number of hydrogen-bond donors (Lipinski definition) is 6. The van der Waals surface area contributed by atoms with Crippen LogP contribution in [0.5, 0.6) is 34.5 Å². The molecule has 6 N–H and O–H groups in total. The summed E-state index contributed by atoms with van der Waals surface area (Å²) in [6.07, 6.45) is 2.69. The fourth-order valence-corrected chi connectivity index (χ4v) is 5.65. The smallest absolute Gasteiger partial charge is 0.338 e. The zero-order valence-electron chi connectivity index (χ0n) is 44.0. The zero-order valence-corrected chi connectivity index (χ0v) is 44.0. The zero-order chi connectivity index (χ0) is 57.0. The van der Waals surface area contributed by atoms with Gasteiger partial charge in [0, 0.05) is 5.56 Å². The Morgan fingerprint density at radius 3 is 1.06 bits per heavy atom. The lowest BCUT2D eigenvalue weighted by molar-refractivity contribution is 0.0455. The number of aromatic hydroxyl groups is 6. The Bertz CT molecular complexity index is 2780. The molecule has 0 aromatic heterocycles. The third-order valence-electron chi connectivity index (χ3n) is 9.68. The van der Waals surface area contributed by atoms with Crippen molar-refractivity contribution in [2.75, 3.05) is 33.5 Å². The van der Waals surface area contributed by atoms with Gasteiger partial charge in [-0.15, -0.1) is 0 Å². The molecule has 0 saturated carbocycles. The van der Waals surface area contributed by atoms with Crippen LogP contribution in [-0.2, 0) is 23.7 Å². The summed E-state index contributed by atoms with van der Waals surface area (Å²) in [4.78, 5) is 55.8. The van der Waals surface area contributed by atoms with Crippen LogP contribution in [0.1, 0.15) is 106 Å². The predicted octanol–water partition coefficient (Wildman–Crippen LogP) is 12.3. The molecule has 0 bridgehead atoms. The van der Waals surface area contributed by atoms with Crippen LogP contribution in [0.15, 0.2) is 176 Å². The van der Waals surface area contributed by atoms with Crippen LogP contribution in [0, 0.1) is 5.92 Å². The van der Waals surface area contributed by atoms with E-state index in [1.807, 2.05) is 76.2 Å². The Morgan fingerprint density at radius 1 is 0.390 bits per heavy atom. The minimum Gasteiger partial charge on any atom is -0.508 e. The Labute approximate surface area is 449 Å². The second-order valence-electron chi connectivity index (χ2n) is 16.4. The van der Waals surface area contributed by atoms with E-state index in [4.69, 9.17) is 44.5 Å². The SMILES string of the molecule is CC(C)COC(=O)c1ccc(O)cc1.CCCCOC(=O)c1ccc(O)cc1.CCCOC(=O)c1ccc(O)cc1.CCOC(=O)c1ccc(O)cc1.COC(=O)c1ccc(O)cc1.Oc1ccccc1-c1ccccc1. The van der Waals surface area contributed by atoms with Gasteiger partial charge < -0.3 is 54.3 Å². The second kappa shape index (κ2) is 36.6. The molecule has 0 aliphatic rings. The molecular weight excluding hydrogens is 989 g/mol. The Hall–Kier alpha value is -9.31. The largest absolute Gasteiger partial charge is 0.508 e. The third kappa shape index (κ3) is 26.5. The van der Waals surface area contributed by atoms with E-state index >= 15 is 0 Å².